The van der Waals surface area contributed by atoms with Gasteiger partial charge in [-0.1, -0.05) is 0 Å². The second-order valence-electron chi connectivity index (χ2n) is 10.0. The molecular weight excluding hydrogens is 391 g/mol. The van der Waals surface area contributed by atoms with Crippen LogP contribution in [0.5, 0.6) is 0 Å². The topological polar surface area (TPSA) is 0 Å². The third kappa shape index (κ3) is 16.1. The van der Waals surface area contributed by atoms with E-state index in [1.54, 1.807) is 0 Å². The number of halogens is 1. The van der Waals surface area contributed by atoms with Gasteiger partial charge in [-0.2, -0.15) is 0 Å². The summed E-state index contributed by atoms with van der Waals surface area (Å²) in [6.45, 7) is 9.30. The average Bonchev–Trinajstić information content (AvgIpc) is 2.72. The molecule has 0 aromatic rings. The van der Waals surface area contributed by atoms with Gasteiger partial charge in [0.25, 0.3) is 0 Å². The molecular formula is C27H58ClP. The summed E-state index contributed by atoms with van der Waals surface area (Å²) >= 11 is 7.93. The van der Waals surface area contributed by atoms with Gasteiger partial charge in [-0.05, 0) is 0 Å². The first-order valence-corrected chi connectivity index (χ1v) is 17.6. The van der Waals surface area contributed by atoms with Gasteiger partial charge in [-0.15, -0.1) is 0 Å². The van der Waals surface area contributed by atoms with Gasteiger partial charge in [0.1, 0.15) is 0 Å². The van der Waals surface area contributed by atoms with Crippen LogP contribution in [0.1, 0.15) is 150 Å². The zero-order valence-electron chi connectivity index (χ0n) is 21.1. The number of unbranched alkanes of at least 4 members (excludes halogenated alkanes) is 15. The van der Waals surface area contributed by atoms with Crippen molar-refractivity contribution < 1.29 is 0 Å². The van der Waals surface area contributed by atoms with Crippen LogP contribution in [0.3, 0.4) is 0 Å². The molecule has 0 fully saturated rings. The Morgan fingerprint density at radius 2 is 0.552 bits per heavy atom. The third-order valence-corrected chi connectivity index (χ3v) is 14.8. The summed E-state index contributed by atoms with van der Waals surface area (Å²) in [5.41, 5.74) is 0. The van der Waals surface area contributed by atoms with E-state index in [1.165, 1.54) is 147 Å². The summed E-state index contributed by atoms with van der Waals surface area (Å²) in [4.78, 5) is 0. The first-order chi connectivity index (χ1) is 14.0. The van der Waals surface area contributed by atoms with Crippen LogP contribution >= 0.6 is 17.2 Å². The fraction of sp³-hybridized carbons (Fsp3) is 1.00. The van der Waals surface area contributed by atoms with Gasteiger partial charge >= 0.3 is 192 Å². The minimum absolute atomic E-state index is 1.34. The molecule has 0 N–H and O–H groups in total. The van der Waals surface area contributed by atoms with Gasteiger partial charge in [0.05, 0.1) is 0 Å². The Hall–Kier alpha value is 0.720. The van der Waals surface area contributed by atoms with E-state index in [0.717, 1.165) is 0 Å². The molecule has 0 amide bonds. The van der Waals surface area contributed by atoms with E-state index < -0.39 is 5.96 Å². The molecule has 0 bridgehead atoms. The maximum atomic E-state index is 7.93. The van der Waals surface area contributed by atoms with Crippen LogP contribution in [-0.2, 0) is 0 Å². The molecule has 0 atom stereocenters. The van der Waals surface area contributed by atoms with Crippen molar-refractivity contribution in [2.75, 3.05) is 24.6 Å². The first kappa shape index (κ1) is 29.7. The van der Waals surface area contributed by atoms with Crippen molar-refractivity contribution in [2.24, 2.45) is 0 Å². The van der Waals surface area contributed by atoms with Crippen molar-refractivity contribution in [1.29, 1.82) is 0 Å². The molecule has 0 spiro atoms. The molecule has 0 nitrogen and oxygen atoms in total. The molecule has 0 rings (SSSR count). The summed E-state index contributed by atoms with van der Waals surface area (Å²) in [7, 11) is 0. The molecule has 0 unspecified atom stereocenters. The predicted molar refractivity (Wildman–Crippen MR) is 143 cm³/mol. The van der Waals surface area contributed by atoms with Gasteiger partial charge in [0.15, 0.2) is 0 Å². The monoisotopic (exact) mass is 448 g/mol. The molecule has 0 aliphatic heterocycles. The Balaban J connectivity index is 4.87. The molecule has 0 saturated carbocycles. The van der Waals surface area contributed by atoms with E-state index in [0.29, 0.717) is 0 Å². The van der Waals surface area contributed by atoms with E-state index in [4.69, 9.17) is 11.2 Å². The maximum absolute atomic E-state index is 7.93. The van der Waals surface area contributed by atoms with Crippen molar-refractivity contribution in [3.05, 3.63) is 0 Å². The molecule has 2 heteroatoms. The molecule has 0 saturated heterocycles. The van der Waals surface area contributed by atoms with Gasteiger partial charge in [0, 0.05) is 0 Å². The standard InChI is InChI=1S/C27H58ClP/c1-5-9-13-17-18-19-23-27-29(28,24-20-14-10-6-2,25-21-15-11-7-3)26-22-16-12-8-4/h5-27H2,1-4H3. The second-order valence-corrected chi connectivity index (χ2v) is 18.3. The van der Waals surface area contributed by atoms with Crippen molar-refractivity contribution in [3.63, 3.8) is 0 Å². The number of hydrogen-bond donors (Lipinski definition) is 0. The van der Waals surface area contributed by atoms with Crippen LogP contribution in [0, 0.1) is 0 Å². The third-order valence-electron chi connectivity index (χ3n) is 7.03. The zero-order chi connectivity index (χ0) is 21.7. The molecule has 0 aromatic carbocycles. The van der Waals surface area contributed by atoms with E-state index in [9.17, 15) is 0 Å². The molecule has 29 heavy (non-hydrogen) atoms. The van der Waals surface area contributed by atoms with Crippen LogP contribution in [0.2, 0.25) is 0 Å². The fourth-order valence-electron chi connectivity index (χ4n) is 4.94. The number of rotatable bonds is 23. The quantitative estimate of drug-likeness (QED) is 0.108. The Kier molecular flexibility index (Phi) is 19.9. The molecule has 178 valence electrons. The summed E-state index contributed by atoms with van der Waals surface area (Å²) < 4.78 is 0. The number of hydrogen-bond acceptors (Lipinski definition) is 0. The SMILES string of the molecule is CCCCCCCCCP(Cl)(CCCCCC)(CCCCCC)CCCCCC. The molecule has 0 heterocycles. The van der Waals surface area contributed by atoms with Gasteiger partial charge in [-0.25, -0.2) is 0 Å². The Morgan fingerprint density at radius 1 is 0.345 bits per heavy atom. The molecule has 0 aliphatic carbocycles. The minimum atomic E-state index is -2.04. The van der Waals surface area contributed by atoms with E-state index >= 15 is 0 Å². The van der Waals surface area contributed by atoms with E-state index in [-0.39, 0.29) is 0 Å². The predicted octanol–water partition coefficient (Wildman–Crippen LogP) is 11.2. The normalized spacial score (nSPS) is 13.5. The van der Waals surface area contributed by atoms with Crippen LogP contribution in [0.4, 0.5) is 0 Å². The summed E-state index contributed by atoms with van der Waals surface area (Å²) in [5, 5.41) is 0. The van der Waals surface area contributed by atoms with Crippen molar-refractivity contribution in [2.45, 2.75) is 150 Å². The van der Waals surface area contributed by atoms with Crippen molar-refractivity contribution >= 4 is 17.2 Å². The van der Waals surface area contributed by atoms with E-state index in [1.807, 2.05) is 0 Å². The van der Waals surface area contributed by atoms with Crippen molar-refractivity contribution in [3.8, 4) is 0 Å². The summed E-state index contributed by atoms with van der Waals surface area (Å²) in [5.74, 6) is -2.04. The molecule has 0 aromatic heterocycles. The van der Waals surface area contributed by atoms with Gasteiger partial charge < -0.3 is 0 Å². The summed E-state index contributed by atoms with van der Waals surface area (Å²) in [6.07, 6.45) is 32.1. The average molecular weight is 449 g/mol. The molecule has 0 radical (unpaired) electrons. The zero-order valence-corrected chi connectivity index (χ0v) is 22.7. The van der Waals surface area contributed by atoms with Crippen LogP contribution in [0.25, 0.3) is 0 Å². The summed E-state index contributed by atoms with van der Waals surface area (Å²) in [6, 6.07) is 0. The first-order valence-electron chi connectivity index (χ1n) is 13.8. The van der Waals surface area contributed by atoms with Crippen molar-refractivity contribution in [1.82, 2.24) is 0 Å². The molecule has 0 aliphatic rings. The van der Waals surface area contributed by atoms with Crippen LogP contribution in [0.15, 0.2) is 0 Å². The van der Waals surface area contributed by atoms with Gasteiger partial charge in [0.2, 0.25) is 0 Å². The Bertz CT molecular complexity index is 307. The van der Waals surface area contributed by atoms with Gasteiger partial charge in [-0.3, -0.25) is 0 Å². The Morgan fingerprint density at radius 3 is 0.828 bits per heavy atom. The van der Waals surface area contributed by atoms with E-state index in [2.05, 4.69) is 27.7 Å². The van der Waals surface area contributed by atoms with Crippen LogP contribution in [-0.4, -0.2) is 24.6 Å². The fourth-order valence-corrected chi connectivity index (χ4v) is 11.8. The second kappa shape index (κ2) is 19.4. The van der Waals surface area contributed by atoms with Crippen LogP contribution < -0.4 is 0 Å². The Labute approximate surface area is 191 Å².